The van der Waals surface area contributed by atoms with E-state index >= 15 is 0 Å². The van der Waals surface area contributed by atoms with Gasteiger partial charge in [-0.2, -0.15) is 13.2 Å². The largest absolute Gasteiger partial charge is 0.418 e. The van der Waals surface area contributed by atoms with Crippen LogP contribution in [0.15, 0.2) is 53.6 Å². The summed E-state index contributed by atoms with van der Waals surface area (Å²) in [6.45, 7) is -0.537. The standard InChI is InChI=1S/C19H11F4N3O2S/c20-11-5-3-7-13-15(11)16-17(29-13)18(28)26(9-24-16)8-14(27)25-12-6-2-1-4-10(12)19(21,22)23/h1-7,9H,8H2,(H,25,27). The van der Waals surface area contributed by atoms with E-state index in [1.807, 2.05) is 0 Å². The molecule has 4 rings (SSSR count). The predicted molar refractivity (Wildman–Crippen MR) is 101 cm³/mol. The zero-order valence-corrected chi connectivity index (χ0v) is 15.3. The van der Waals surface area contributed by atoms with Crippen molar-refractivity contribution in [2.45, 2.75) is 12.7 Å². The molecule has 0 atom stereocenters. The average molecular weight is 421 g/mol. The van der Waals surface area contributed by atoms with Crippen molar-refractivity contribution in [1.82, 2.24) is 9.55 Å². The topological polar surface area (TPSA) is 64.0 Å². The van der Waals surface area contributed by atoms with Crippen LogP contribution in [0.5, 0.6) is 0 Å². The van der Waals surface area contributed by atoms with E-state index in [1.54, 1.807) is 6.07 Å². The fourth-order valence-electron chi connectivity index (χ4n) is 2.97. The molecule has 10 heteroatoms. The van der Waals surface area contributed by atoms with Crippen LogP contribution >= 0.6 is 11.3 Å². The molecule has 0 saturated heterocycles. The summed E-state index contributed by atoms with van der Waals surface area (Å²) in [6.07, 6.45) is -3.55. The van der Waals surface area contributed by atoms with E-state index in [0.717, 1.165) is 34.4 Å². The van der Waals surface area contributed by atoms with Gasteiger partial charge in [0.25, 0.3) is 5.56 Å². The molecule has 2 aromatic carbocycles. The van der Waals surface area contributed by atoms with Gasteiger partial charge in [0.1, 0.15) is 17.1 Å². The average Bonchev–Trinajstić information content (AvgIpc) is 3.04. The Balaban J connectivity index is 1.66. The van der Waals surface area contributed by atoms with Crippen molar-refractivity contribution in [1.29, 1.82) is 0 Å². The molecule has 4 aromatic rings. The molecule has 0 bridgehead atoms. The fourth-order valence-corrected chi connectivity index (χ4v) is 4.08. The Morgan fingerprint density at radius 1 is 1.14 bits per heavy atom. The monoisotopic (exact) mass is 421 g/mol. The van der Waals surface area contributed by atoms with Crippen LogP contribution in [0, 0.1) is 5.82 Å². The Morgan fingerprint density at radius 3 is 2.66 bits per heavy atom. The van der Waals surface area contributed by atoms with Gasteiger partial charge in [-0.1, -0.05) is 18.2 Å². The van der Waals surface area contributed by atoms with Crippen LogP contribution in [0.25, 0.3) is 20.3 Å². The van der Waals surface area contributed by atoms with E-state index in [4.69, 9.17) is 0 Å². The number of carbonyl (C=O) groups excluding carboxylic acids is 1. The number of para-hydroxylation sites is 1. The molecule has 0 spiro atoms. The smallest absolute Gasteiger partial charge is 0.324 e. The Hall–Kier alpha value is -3.27. The highest BCUT2D eigenvalue weighted by molar-refractivity contribution is 7.25. The van der Waals surface area contributed by atoms with Crippen molar-refractivity contribution in [3.8, 4) is 0 Å². The predicted octanol–water partition coefficient (Wildman–Crippen LogP) is 4.41. The number of halogens is 4. The summed E-state index contributed by atoms with van der Waals surface area (Å²) in [6, 6.07) is 8.96. The van der Waals surface area contributed by atoms with Gasteiger partial charge in [0, 0.05) is 4.70 Å². The number of aromatic nitrogens is 2. The van der Waals surface area contributed by atoms with Crippen molar-refractivity contribution in [2.24, 2.45) is 0 Å². The molecule has 5 nitrogen and oxygen atoms in total. The van der Waals surface area contributed by atoms with E-state index in [0.29, 0.717) is 4.70 Å². The number of benzene rings is 2. The Morgan fingerprint density at radius 2 is 1.90 bits per heavy atom. The van der Waals surface area contributed by atoms with Crippen LogP contribution < -0.4 is 10.9 Å². The molecular formula is C19H11F4N3O2S. The summed E-state index contributed by atoms with van der Waals surface area (Å²) in [5.41, 5.74) is -1.78. The molecular weight excluding hydrogens is 410 g/mol. The lowest BCUT2D eigenvalue weighted by atomic mass is 10.1. The Kier molecular flexibility index (Phi) is 4.58. The maximum Gasteiger partial charge on any atom is 0.418 e. The Labute approximate surface area is 164 Å². The number of anilines is 1. The first-order chi connectivity index (χ1) is 13.8. The first-order valence-electron chi connectivity index (χ1n) is 8.28. The lowest BCUT2D eigenvalue weighted by Gasteiger charge is -2.13. The molecule has 2 aromatic heterocycles. The number of amides is 1. The second-order valence-electron chi connectivity index (χ2n) is 6.16. The molecule has 0 unspecified atom stereocenters. The second-order valence-corrected chi connectivity index (χ2v) is 7.21. The molecule has 0 aliphatic heterocycles. The van der Waals surface area contributed by atoms with Crippen molar-refractivity contribution < 1.29 is 22.4 Å². The number of alkyl halides is 3. The third-order valence-electron chi connectivity index (χ3n) is 4.24. The molecule has 0 radical (unpaired) electrons. The summed E-state index contributed by atoms with van der Waals surface area (Å²) in [7, 11) is 0. The quantitative estimate of drug-likeness (QED) is 0.499. The van der Waals surface area contributed by atoms with Gasteiger partial charge in [-0.25, -0.2) is 9.37 Å². The zero-order chi connectivity index (χ0) is 20.8. The van der Waals surface area contributed by atoms with Crippen molar-refractivity contribution in [2.75, 3.05) is 5.32 Å². The van der Waals surface area contributed by atoms with E-state index in [1.165, 1.54) is 24.3 Å². The van der Waals surface area contributed by atoms with Gasteiger partial charge in [0.15, 0.2) is 0 Å². The maximum absolute atomic E-state index is 14.1. The van der Waals surface area contributed by atoms with Gasteiger partial charge < -0.3 is 5.32 Å². The van der Waals surface area contributed by atoms with E-state index in [2.05, 4.69) is 10.3 Å². The molecule has 0 aliphatic rings. The summed E-state index contributed by atoms with van der Waals surface area (Å²) in [5, 5.41) is 2.40. The highest BCUT2D eigenvalue weighted by Crippen LogP contribution is 2.34. The number of nitrogens with zero attached hydrogens (tertiary/aromatic N) is 2. The molecule has 148 valence electrons. The van der Waals surface area contributed by atoms with Gasteiger partial charge in [-0.05, 0) is 24.3 Å². The van der Waals surface area contributed by atoms with Crippen LogP contribution in [0.4, 0.5) is 23.2 Å². The minimum absolute atomic E-state index is 0.163. The first-order valence-corrected chi connectivity index (χ1v) is 9.09. The third kappa shape index (κ3) is 3.46. The fraction of sp³-hybridized carbons (Fsp3) is 0.105. The van der Waals surface area contributed by atoms with E-state index < -0.39 is 41.3 Å². The SMILES string of the molecule is O=C(Cn1cnc2c(sc3cccc(F)c32)c1=O)Nc1ccccc1C(F)(F)F. The van der Waals surface area contributed by atoms with Crippen molar-refractivity contribution in [3.63, 3.8) is 0 Å². The first kappa shape index (κ1) is 19.1. The Bertz CT molecular complexity index is 1310. The summed E-state index contributed by atoms with van der Waals surface area (Å²) in [5.74, 6) is -1.34. The number of thiophene rings is 1. The van der Waals surface area contributed by atoms with Crippen molar-refractivity contribution in [3.05, 3.63) is 70.5 Å². The third-order valence-corrected chi connectivity index (χ3v) is 5.37. The van der Waals surface area contributed by atoms with Crippen LogP contribution in [0.1, 0.15) is 5.56 Å². The second kappa shape index (κ2) is 6.96. The van der Waals surface area contributed by atoms with Crippen LogP contribution in [0.3, 0.4) is 0 Å². The highest BCUT2D eigenvalue weighted by Gasteiger charge is 2.33. The number of hydrogen-bond donors (Lipinski definition) is 1. The van der Waals surface area contributed by atoms with Crippen LogP contribution in [-0.2, 0) is 17.5 Å². The van der Waals surface area contributed by atoms with Gasteiger partial charge in [-0.3, -0.25) is 14.2 Å². The van der Waals surface area contributed by atoms with E-state index in [9.17, 15) is 27.2 Å². The summed E-state index contributed by atoms with van der Waals surface area (Å²) < 4.78 is 54.9. The zero-order valence-electron chi connectivity index (χ0n) is 14.5. The van der Waals surface area contributed by atoms with E-state index in [-0.39, 0.29) is 15.6 Å². The van der Waals surface area contributed by atoms with Gasteiger partial charge in [0.05, 0.1) is 28.5 Å². The molecule has 0 aliphatic carbocycles. The summed E-state index contributed by atoms with van der Waals surface area (Å²) >= 11 is 1.04. The highest BCUT2D eigenvalue weighted by atomic mass is 32.1. The molecule has 29 heavy (non-hydrogen) atoms. The maximum atomic E-state index is 14.1. The van der Waals surface area contributed by atoms with Gasteiger partial charge in [0.2, 0.25) is 5.91 Å². The van der Waals surface area contributed by atoms with Gasteiger partial charge in [-0.15, -0.1) is 11.3 Å². The van der Waals surface area contributed by atoms with Crippen LogP contribution in [-0.4, -0.2) is 15.5 Å². The number of rotatable bonds is 3. The number of hydrogen-bond acceptors (Lipinski definition) is 4. The minimum Gasteiger partial charge on any atom is -0.324 e. The molecule has 2 heterocycles. The molecule has 1 N–H and O–H groups in total. The molecule has 0 saturated carbocycles. The molecule has 1 amide bonds. The lowest BCUT2D eigenvalue weighted by Crippen LogP contribution is -2.28. The normalized spacial score (nSPS) is 11.9. The number of fused-ring (bicyclic) bond motifs is 3. The van der Waals surface area contributed by atoms with Crippen LogP contribution in [0.2, 0.25) is 0 Å². The minimum atomic E-state index is -4.64. The number of carbonyl (C=O) groups is 1. The lowest BCUT2D eigenvalue weighted by molar-refractivity contribution is -0.137. The molecule has 0 fully saturated rings. The number of nitrogens with one attached hydrogen (secondary N) is 1. The van der Waals surface area contributed by atoms with Gasteiger partial charge >= 0.3 is 6.18 Å². The van der Waals surface area contributed by atoms with Crippen molar-refractivity contribution >= 4 is 43.2 Å². The summed E-state index contributed by atoms with van der Waals surface area (Å²) in [4.78, 5) is 29.0.